The van der Waals surface area contributed by atoms with Crippen molar-refractivity contribution in [3.63, 3.8) is 0 Å². The quantitative estimate of drug-likeness (QED) is 0.669. The third-order valence-electron chi connectivity index (χ3n) is 2.66. The highest BCUT2D eigenvalue weighted by atomic mass is 16.5. The Morgan fingerprint density at radius 3 is 2.50 bits per heavy atom. The molecule has 1 heterocycles. The highest BCUT2D eigenvalue weighted by Crippen LogP contribution is 2.13. The van der Waals surface area contributed by atoms with Crippen molar-refractivity contribution in [1.29, 1.82) is 0 Å². The minimum absolute atomic E-state index is 0.0199. The Kier molecular flexibility index (Phi) is 5.77. The molecule has 0 aliphatic carbocycles. The zero-order valence-corrected chi connectivity index (χ0v) is 10.6. The number of carbonyl (C=O) groups is 1. The molecule has 1 fully saturated rings. The first-order valence-electron chi connectivity index (χ1n) is 6.15. The van der Waals surface area contributed by atoms with Crippen molar-refractivity contribution in [2.75, 3.05) is 26.2 Å². The molecule has 1 aliphatic rings. The van der Waals surface area contributed by atoms with E-state index in [9.17, 15) is 4.79 Å². The molecule has 0 aromatic rings. The molecule has 4 heteroatoms. The molecular formula is C12H23NO3. The first-order valence-corrected chi connectivity index (χ1v) is 6.15. The number of hydrogen-bond donors (Lipinski definition) is 0. The van der Waals surface area contributed by atoms with Crippen LogP contribution in [0.1, 0.15) is 33.6 Å². The van der Waals surface area contributed by atoms with E-state index >= 15 is 0 Å². The van der Waals surface area contributed by atoms with Gasteiger partial charge in [-0.1, -0.05) is 0 Å². The molecule has 1 rings (SSSR count). The fraction of sp³-hybridized carbons (Fsp3) is 0.917. The largest absolute Gasteiger partial charge is 0.462 e. The Labute approximate surface area is 97.9 Å². The Bertz CT molecular complexity index is 210. The van der Waals surface area contributed by atoms with E-state index in [0.29, 0.717) is 12.6 Å². The van der Waals surface area contributed by atoms with Crippen LogP contribution in [0.2, 0.25) is 0 Å². The molecule has 0 radical (unpaired) electrons. The van der Waals surface area contributed by atoms with E-state index in [1.165, 1.54) is 0 Å². The van der Waals surface area contributed by atoms with Crippen molar-refractivity contribution in [2.45, 2.75) is 45.8 Å². The van der Waals surface area contributed by atoms with Crippen molar-refractivity contribution < 1.29 is 14.3 Å². The molecule has 16 heavy (non-hydrogen) atoms. The van der Waals surface area contributed by atoms with E-state index in [1.54, 1.807) is 0 Å². The average molecular weight is 229 g/mol. The van der Waals surface area contributed by atoms with Crippen LogP contribution in [-0.2, 0) is 14.3 Å². The highest BCUT2D eigenvalue weighted by Gasteiger charge is 2.21. The summed E-state index contributed by atoms with van der Waals surface area (Å²) in [7, 11) is 0. The van der Waals surface area contributed by atoms with Crippen LogP contribution in [0, 0.1) is 0 Å². The monoisotopic (exact) mass is 229 g/mol. The Hall–Kier alpha value is -0.610. The molecule has 0 unspecified atom stereocenters. The van der Waals surface area contributed by atoms with Crippen molar-refractivity contribution in [2.24, 2.45) is 0 Å². The van der Waals surface area contributed by atoms with Gasteiger partial charge < -0.3 is 9.47 Å². The second-order valence-corrected chi connectivity index (χ2v) is 4.47. The number of carbonyl (C=O) groups excluding carboxylic acids is 1. The lowest BCUT2D eigenvalue weighted by molar-refractivity contribution is -0.149. The minimum Gasteiger partial charge on any atom is -0.462 e. The maximum Gasteiger partial charge on any atom is 0.320 e. The molecule has 0 aromatic carbocycles. The number of hydrogen-bond acceptors (Lipinski definition) is 4. The zero-order valence-electron chi connectivity index (χ0n) is 10.6. The van der Waals surface area contributed by atoms with Gasteiger partial charge >= 0.3 is 5.97 Å². The molecular weight excluding hydrogens is 206 g/mol. The van der Waals surface area contributed by atoms with Crippen molar-refractivity contribution in [1.82, 2.24) is 4.90 Å². The number of ether oxygens (including phenoxy) is 2. The summed E-state index contributed by atoms with van der Waals surface area (Å²) >= 11 is 0. The molecule has 94 valence electrons. The van der Waals surface area contributed by atoms with Gasteiger partial charge in [0.25, 0.3) is 0 Å². The summed E-state index contributed by atoms with van der Waals surface area (Å²) in [5.74, 6) is -0.121. The third kappa shape index (κ3) is 4.94. The summed E-state index contributed by atoms with van der Waals surface area (Å²) in [5, 5.41) is 0. The fourth-order valence-corrected chi connectivity index (χ4v) is 1.95. The molecule has 0 aromatic heterocycles. The summed E-state index contributed by atoms with van der Waals surface area (Å²) in [6, 6.07) is 0. The van der Waals surface area contributed by atoms with Crippen LogP contribution in [0.15, 0.2) is 0 Å². The van der Waals surface area contributed by atoms with Gasteiger partial charge in [0.1, 0.15) is 0 Å². The third-order valence-corrected chi connectivity index (χ3v) is 2.66. The molecule has 1 saturated heterocycles. The smallest absolute Gasteiger partial charge is 0.320 e. The number of esters is 1. The van der Waals surface area contributed by atoms with E-state index < -0.39 is 0 Å². The number of nitrogens with zero attached hydrogens (tertiary/aromatic N) is 1. The average Bonchev–Trinajstić information content (AvgIpc) is 2.20. The lowest BCUT2D eigenvalue weighted by atomic mass is 10.1. The van der Waals surface area contributed by atoms with Gasteiger partial charge in [0.05, 0.1) is 18.8 Å². The summed E-state index contributed by atoms with van der Waals surface area (Å²) in [5.41, 5.74) is 0. The van der Waals surface area contributed by atoms with E-state index in [4.69, 9.17) is 9.47 Å². The van der Waals surface area contributed by atoms with Crippen LogP contribution in [0.3, 0.4) is 0 Å². The Morgan fingerprint density at radius 2 is 2.00 bits per heavy atom. The SMILES string of the molecule is CCOC1CCN(CC(=O)OC(C)C)CC1. The van der Waals surface area contributed by atoms with Gasteiger partial charge in [0, 0.05) is 19.7 Å². The maximum absolute atomic E-state index is 11.4. The standard InChI is InChI=1S/C12H23NO3/c1-4-15-11-5-7-13(8-6-11)9-12(14)16-10(2)3/h10-11H,4-9H2,1-3H3. The van der Waals surface area contributed by atoms with E-state index in [2.05, 4.69) is 4.90 Å². The van der Waals surface area contributed by atoms with Crippen molar-refractivity contribution >= 4 is 5.97 Å². The second-order valence-electron chi connectivity index (χ2n) is 4.47. The van der Waals surface area contributed by atoms with Gasteiger partial charge in [0.15, 0.2) is 0 Å². The molecule has 0 saturated carbocycles. The lowest BCUT2D eigenvalue weighted by Gasteiger charge is -2.31. The molecule has 0 amide bonds. The van der Waals surface area contributed by atoms with E-state index in [0.717, 1.165) is 32.5 Å². The van der Waals surface area contributed by atoms with Crippen LogP contribution in [0.4, 0.5) is 0 Å². The number of rotatable bonds is 5. The molecule has 0 bridgehead atoms. The minimum atomic E-state index is -0.121. The van der Waals surface area contributed by atoms with Gasteiger partial charge in [-0.2, -0.15) is 0 Å². The predicted molar refractivity (Wildman–Crippen MR) is 62.3 cm³/mol. The zero-order chi connectivity index (χ0) is 12.0. The normalized spacial score (nSPS) is 19.0. The van der Waals surface area contributed by atoms with Crippen molar-refractivity contribution in [3.05, 3.63) is 0 Å². The van der Waals surface area contributed by atoms with Crippen molar-refractivity contribution in [3.8, 4) is 0 Å². The van der Waals surface area contributed by atoms with Crippen LogP contribution in [-0.4, -0.2) is 49.3 Å². The van der Waals surface area contributed by atoms with E-state index in [1.807, 2.05) is 20.8 Å². The summed E-state index contributed by atoms with van der Waals surface area (Å²) in [4.78, 5) is 13.6. The van der Waals surface area contributed by atoms with Gasteiger partial charge in [-0.05, 0) is 33.6 Å². The number of likely N-dealkylation sites (tertiary alicyclic amines) is 1. The lowest BCUT2D eigenvalue weighted by Crippen LogP contribution is -2.40. The van der Waals surface area contributed by atoms with Crippen LogP contribution in [0.25, 0.3) is 0 Å². The molecule has 4 nitrogen and oxygen atoms in total. The molecule has 0 spiro atoms. The van der Waals surface area contributed by atoms with Gasteiger partial charge in [-0.25, -0.2) is 0 Å². The summed E-state index contributed by atoms with van der Waals surface area (Å²) in [6.07, 6.45) is 2.39. The Morgan fingerprint density at radius 1 is 1.38 bits per heavy atom. The maximum atomic E-state index is 11.4. The highest BCUT2D eigenvalue weighted by molar-refractivity contribution is 5.71. The summed E-state index contributed by atoms with van der Waals surface area (Å²) < 4.78 is 10.7. The van der Waals surface area contributed by atoms with E-state index in [-0.39, 0.29) is 12.1 Å². The second kappa shape index (κ2) is 6.86. The number of piperidine rings is 1. The van der Waals surface area contributed by atoms with Gasteiger partial charge in [0.2, 0.25) is 0 Å². The Balaban J connectivity index is 2.19. The first-order chi connectivity index (χ1) is 7.61. The fourth-order valence-electron chi connectivity index (χ4n) is 1.95. The van der Waals surface area contributed by atoms with Gasteiger partial charge in [-0.15, -0.1) is 0 Å². The predicted octanol–water partition coefficient (Wildman–Crippen LogP) is 1.44. The first kappa shape index (κ1) is 13.5. The summed E-state index contributed by atoms with van der Waals surface area (Å²) in [6.45, 7) is 8.82. The molecule has 0 N–H and O–H groups in total. The molecule has 0 atom stereocenters. The van der Waals surface area contributed by atoms with Gasteiger partial charge in [-0.3, -0.25) is 9.69 Å². The topological polar surface area (TPSA) is 38.8 Å². The van der Waals surface area contributed by atoms with Crippen LogP contribution >= 0.6 is 0 Å². The van der Waals surface area contributed by atoms with Crippen LogP contribution < -0.4 is 0 Å². The van der Waals surface area contributed by atoms with Crippen LogP contribution in [0.5, 0.6) is 0 Å². The molecule has 1 aliphatic heterocycles.